The number of carbonyl (C=O) groups excluding carboxylic acids is 1. The van der Waals surface area contributed by atoms with E-state index in [4.69, 9.17) is 18.9 Å². The Hall–Kier alpha value is -3.03. The largest absolute Gasteiger partial charge is 0.493 e. The molecule has 0 aliphatic carbocycles. The fourth-order valence-electron chi connectivity index (χ4n) is 3.32. The number of ether oxygens (including phenoxy) is 4. The van der Waals surface area contributed by atoms with Gasteiger partial charge in [-0.1, -0.05) is 24.3 Å². The molecule has 0 atom stereocenters. The lowest BCUT2D eigenvalue weighted by Crippen LogP contribution is -2.30. The van der Waals surface area contributed by atoms with Gasteiger partial charge in [-0.05, 0) is 55.1 Å². The third-order valence-electron chi connectivity index (χ3n) is 5.03. The van der Waals surface area contributed by atoms with Crippen LogP contribution in [0.5, 0.6) is 17.2 Å². The van der Waals surface area contributed by atoms with Crippen molar-refractivity contribution in [1.29, 1.82) is 0 Å². The zero-order valence-electron chi connectivity index (χ0n) is 19.4. The van der Waals surface area contributed by atoms with Gasteiger partial charge in [0.05, 0.1) is 19.3 Å². The molecule has 176 valence electrons. The summed E-state index contributed by atoms with van der Waals surface area (Å²) in [6.45, 7) is 6.92. The van der Waals surface area contributed by atoms with Crippen molar-refractivity contribution in [3.8, 4) is 17.2 Å². The first kappa shape index (κ1) is 24.6. The molecule has 7 heteroatoms. The highest BCUT2D eigenvalue weighted by atomic mass is 32.1. The maximum absolute atomic E-state index is 13.3. The number of amides is 1. The van der Waals surface area contributed by atoms with E-state index in [0.29, 0.717) is 62.3 Å². The smallest absolute Gasteiger partial charge is 0.257 e. The van der Waals surface area contributed by atoms with Gasteiger partial charge < -0.3 is 23.8 Å². The molecule has 1 heterocycles. The van der Waals surface area contributed by atoms with Gasteiger partial charge in [0.15, 0.2) is 11.5 Å². The van der Waals surface area contributed by atoms with Gasteiger partial charge in [0, 0.05) is 24.6 Å². The summed E-state index contributed by atoms with van der Waals surface area (Å²) in [5, 5.41) is 2.03. The summed E-state index contributed by atoms with van der Waals surface area (Å²) in [6.07, 6.45) is 0. The second-order valence-electron chi connectivity index (χ2n) is 7.21. The molecule has 0 aliphatic heterocycles. The lowest BCUT2D eigenvalue weighted by Gasteiger charge is -2.23. The van der Waals surface area contributed by atoms with E-state index in [-0.39, 0.29) is 5.91 Å². The number of carbonyl (C=O) groups is 1. The first-order chi connectivity index (χ1) is 16.2. The zero-order chi connectivity index (χ0) is 23.5. The van der Waals surface area contributed by atoms with Crippen molar-refractivity contribution in [3.63, 3.8) is 0 Å². The van der Waals surface area contributed by atoms with E-state index in [1.807, 2.05) is 67.8 Å². The van der Waals surface area contributed by atoms with Crippen LogP contribution in [0.25, 0.3) is 0 Å². The molecule has 0 N–H and O–H groups in total. The summed E-state index contributed by atoms with van der Waals surface area (Å²) in [5.41, 5.74) is 1.50. The first-order valence-electron chi connectivity index (χ1n) is 11.1. The predicted molar refractivity (Wildman–Crippen MR) is 130 cm³/mol. The third kappa shape index (κ3) is 6.97. The average molecular weight is 470 g/mol. The molecule has 0 spiro atoms. The van der Waals surface area contributed by atoms with E-state index in [2.05, 4.69) is 0 Å². The Labute approximate surface area is 199 Å². The number of benzene rings is 2. The third-order valence-corrected chi connectivity index (χ3v) is 5.88. The molecule has 3 rings (SSSR count). The van der Waals surface area contributed by atoms with Crippen molar-refractivity contribution in [3.05, 3.63) is 76.0 Å². The Kier molecular flexibility index (Phi) is 9.59. The van der Waals surface area contributed by atoms with Crippen LogP contribution in [0.15, 0.2) is 60.0 Å². The summed E-state index contributed by atoms with van der Waals surface area (Å²) in [6, 6.07) is 17.1. The van der Waals surface area contributed by atoms with Gasteiger partial charge in [-0.15, -0.1) is 11.3 Å². The second kappa shape index (κ2) is 12.9. The molecule has 0 bridgehead atoms. The van der Waals surface area contributed by atoms with Gasteiger partial charge in [0.25, 0.3) is 5.91 Å². The van der Waals surface area contributed by atoms with Crippen molar-refractivity contribution in [2.45, 2.75) is 27.0 Å². The summed E-state index contributed by atoms with van der Waals surface area (Å²) in [4.78, 5) is 16.2. The summed E-state index contributed by atoms with van der Waals surface area (Å²) in [7, 11) is 1.62. The van der Waals surface area contributed by atoms with Gasteiger partial charge in [-0.3, -0.25) is 4.79 Å². The normalized spacial score (nSPS) is 10.6. The highest BCUT2D eigenvalue weighted by Crippen LogP contribution is 2.30. The maximum atomic E-state index is 13.3. The molecule has 6 nitrogen and oxygen atoms in total. The number of rotatable bonds is 13. The molecular formula is C26H31NO5S. The highest BCUT2D eigenvalue weighted by molar-refractivity contribution is 7.09. The van der Waals surface area contributed by atoms with Crippen LogP contribution >= 0.6 is 11.3 Å². The van der Waals surface area contributed by atoms with Crippen molar-refractivity contribution >= 4 is 17.2 Å². The molecule has 0 radical (unpaired) electrons. The molecule has 1 aromatic heterocycles. The number of methoxy groups -OCH3 is 1. The van der Waals surface area contributed by atoms with Gasteiger partial charge in [-0.25, -0.2) is 0 Å². The predicted octanol–water partition coefficient (Wildman–Crippen LogP) is 5.41. The number of thiophene rings is 1. The molecule has 2 aromatic carbocycles. The topological polar surface area (TPSA) is 57.2 Å². The van der Waals surface area contributed by atoms with E-state index in [0.717, 1.165) is 10.4 Å². The molecule has 1 amide bonds. The van der Waals surface area contributed by atoms with E-state index in [1.165, 1.54) is 0 Å². The molecular weight excluding hydrogens is 438 g/mol. The van der Waals surface area contributed by atoms with Crippen LogP contribution in [-0.2, 0) is 17.9 Å². The van der Waals surface area contributed by atoms with E-state index in [9.17, 15) is 4.79 Å². The van der Waals surface area contributed by atoms with E-state index >= 15 is 0 Å². The van der Waals surface area contributed by atoms with Crippen molar-refractivity contribution < 1.29 is 23.7 Å². The second-order valence-corrected chi connectivity index (χ2v) is 8.25. The van der Waals surface area contributed by atoms with Crippen molar-refractivity contribution in [1.82, 2.24) is 4.90 Å². The molecule has 0 saturated carbocycles. The lowest BCUT2D eigenvalue weighted by atomic mass is 10.1. The van der Waals surface area contributed by atoms with E-state index in [1.54, 1.807) is 29.4 Å². The number of hydrogen-bond donors (Lipinski definition) is 0. The van der Waals surface area contributed by atoms with Crippen LogP contribution in [0.2, 0.25) is 0 Å². The summed E-state index contributed by atoms with van der Waals surface area (Å²) in [5.74, 6) is 1.81. The number of hydrogen-bond acceptors (Lipinski definition) is 6. The van der Waals surface area contributed by atoms with Crippen molar-refractivity contribution in [2.75, 3.05) is 33.5 Å². The standard InChI is InChI=1S/C26H31NO5S/c1-4-27(26(28)22-10-6-7-11-23(22)31-15-14-30-5-2)18-20-12-13-24(25(17-20)29-3)32-19-21-9-8-16-33-21/h6-13,16-17H,4-5,14-15,18-19H2,1-3H3. The average Bonchev–Trinajstić information content (AvgIpc) is 3.37. The molecule has 33 heavy (non-hydrogen) atoms. The van der Waals surface area contributed by atoms with Gasteiger partial charge in [-0.2, -0.15) is 0 Å². The summed E-state index contributed by atoms with van der Waals surface area (Å²) >= 11 is 1.65. The Morgan fingerprint density at radius 1 is 0.939 bits per heavy atom. The lowest BCUT2D eigenvalue weighted by molar-refractivity contribution is 0.0742. The van der Waals surface area contributed by atoms with Crippen LogP contribution in [0.3, 0.4) is 0 Å². The molecule has 0 fully saturated rings. The summed E-state index contributed by atoms with van der Waals surface area (Å²) < 4.78 is 22.6. The van der Waals surface area contributed by atoms with Gasteiger partial charge in [0.1, 0.15) is 19.0 Å². The Bertz CT molecular complexity index is 1010. The Balaban J connectivity index is 1.69. The molecule has 0 aliphatic rings. The van der Waals surface area contributed by atoms with E-state index < -0.39 is 0 Å². The molecule has 0 saturated heterocycles. The molecule has 0 unspecified atom stereocenters. The first-order valence-corrected chi connectivity index (χ1v) is 11.9. The fraction of sp³-hybridized carbons (Fsp3) is 0.346. The minimum absolute atomic E-state index is 0.0819. The van der Waals surface area contributed by atoms with Crippen molar-refractivity contribution in [2.24, 2.45) is 0 Å². The zero-order valence-corrected chi connectivity index (χ0v) is 20.2. The minimum atomic E-state index is -0.0819. The SMILES string of the molecule is CCOCCOc1ccccc1C(=O)N(CC)Cc1ccc(OCc2cccs2)c(OC)c1. The minimum Gasteiger partial charge on any atom is -0.493 e. The quantitative estimate of drug-likeness (QED) is 0.313. The van der Waals surface area contributed by atoms with Crippen LogP contribution in [0.4, 0.5) is 0 Å². The Morgan fingerprint density at radius 2 is 1.79 bits per heavy atom. The van der Waals surface area contributed by atoms with Gasteiger partial charge in [0.2, 0.25) is 0 Å². The van der Waals surface area contributed by atoms with Crippen LogP contribution in [0.1, 0.15) is 34.6 Å². The Morgan fingerprint density at radius 3 is 2.52 bits per heavy atom. The highest BCUT2D eigenvalue weighted by Gasteiger charge is 2.19. The molecule has 3 aromatic rings. The maximum Gasteiger partial charge on any atom is 0.257 e. The van der Waals surface area contributed by atoms with Gasteiger partial charge >= 0.3 is 0 Å². The number of nitrogens with zero attached hydrogens (tertiary/aromatic N) is 1. The monoisotopic (exact) mass is 469 g/mol. The fourth-order valence-corrected chi connectivity index (χ4v) is 3.93. The van der Waals surface area contributed by atoms with Crippen LogP contribution < -0.4 is 14.2 Å². The van der Waals surface area contributed by atoms with Crippen LogP contribution in [-0.4, -0.2) is 44.3 Å². The van der Waals surface area contributed by atoms with Crippen LogP contribution in [0, 0.1) is 0 Å². The number of para-hydroxylation sites is 1.